The average Bonchev–Trinajstić information content (AvgIpc) is 2.91. The van der Waals surface area contributed by atoms with Crippen molar-refractivity contribution in [2.45, 2.75) is 13.3 Å². The first-order valence-electron chi connectivity index (χ1n) is 12.5. The zero-order valence-electron chi connectivity index (χ0n) is 21.1. The molecule has 192 valence electrons. The van der Waals surface area contributed by atoms with Gasteiger partial charge in [-0.25, -0.2) is 4.79 Å². The number of nitrogens with zero attached hydrogens (tertiary/aromatic N) is 3. The van der Waals surface area contributed by atoms with Crippen LogP contribution >= 0.6 is 0 Å². The summed E-state index contributed by atoms with van der Waals surface area (Å²) >= 11 is 0. The zero-order valence-corrected chi connectivity index (χ0v) is 21.1. The number of amides is 1. The normalized spacial score (nSPS) is 14.3. The van der Waals surface area contributed by atoms with Crippen molar-refractivity contribution in [3.63, 3.8) is 0 Å². The number of benzene rings is 3. The van der Waals surface area contributed by atoms with Crippen molar-refractivity contribution in [3.8, 4) is 0 Å². The summed E-state index contributed by atoms with van der Waals surface area (Å²) in [6, 6.07) is 24.7. The molecule has 1 aliphatic heterocycles. The summed E-state index contributed by atoms with van der Waals surface area (Å²) in [5.74, 6) is -0.223. The van der Waals surface area contributed by atoms with Crippen LogP contribution in [0.2, 0.25) is 0 Å². The maximum atomic E-state index is 12.5. The maximum Gasteiger partial charge on any atom is 0.335 e. The van der Waals surface area contributed by atoms with Crippen LogP contribution in [0.3, 0.4) is 0 Å². The number of aryl methyl sites for hydroxylation is 1. The van der Waals surface area contributed by atoms with E-state index in [-0.39, 0.29) is 11.5 Å². The van der Waals surface area contributed by atoms with Crippen LogP contribution in [0.15, 0.2) is 83.9 Å². The molecule has 0 radical (unpaired) electrons. The summed E-state index contributed by atoms with van der Waals surface area (Å²) in [6.45, 7) is 5.90. The van der Waals surface area contributed by atoms with Gasteiger partial charge in [0.25, 0.3) is 0 Å². The third kappa shape index (κ3) is 7.91. The molecule has 0 aromatic heterocycles. The van der Waals surface area contributed by atoms with Gasteiger partial charge < -0.3 is 20.6 Å². The van der Waals surface area contributed by atoms with E-state index in [1.54, 1.807) is 24.3 Å². The van der Waals surface area contributed by atoms with Crippen LogP contribution in [0.25, 0.3) is 0 Å². The number of carbonyl (C=O) groups excluding carboxylic acids is 1. The molecule has 1 fully saturated rings. The van der Waals surface area contributed by atoms with Crippen LogP contribution in [0, 0.1) is 6.92 Å². The van der Waals surface area contributed by atoms with Gasteiger partial charge in [-0.1, -0.05) is 48.0 Å². The van der Waals surface area contributed by atoms with E-state index in [1.165, 1.54) is 5.56 Å². The Labute approximate surface area is 217 Å². The number of rotatable bonds is 8. The fourth-order valence-electron chi connectivity index (χ4n) is 4.14. The second-order valence-corrected chi connectivity index (χ2v) is 9.13. The van der Waals surface area contributed by atoms with Crippen molar-refractivity contribution in [2.24, 2.45) is 4.99 Å². The molecular weight excluding hydrogens is 466 g/mol. The summed E-state index contributed by atoms with van der Waals surface area (Å²) in [4.78, 5) is 32.9. The molecule has 1 amide bonds. The summed E-state index contributed by atoms with van der Waals surface area (Å²) in [6.07, 6.45) is 0.823. The average molecular weight is 500 g/mol. The Hall–Kier alpha value is -4.17. The van der Waals surface area contributed by atoms with E-state index < -0.39 is 5.97 Å². The lowest BCUT2D eigenvalue weighted by molar-refractivity contribution is -0.117. The van der Waals surface area contributed by atoms with Gasteiger partial charge in [-0.05, 0) is 55.3 Å². The topological polar surface area (TPSA) is 97.3 Å². The number of hydrogen-bond donors (Lipinski definition) is 3. The molecule has 0 aliphatic carbocycles. The van der Waals surface area contributed by atoms with Gasteiger partial charge >= 0.3 is 5.97 Å². The zero-order chi connectivity index (χ0) is 26.0. The fraction of sp³-hybridized carbons (Fsp3) is 0.276. The van der Waals surface area contributed by atoms with E-state index in [4.69, 9.17) is 4.99 Å². The molecule has 3 aromatic carbocycles. The Morgan fingerprint density at radius 1 is 0.838 bits per heavy atom. The van der Waals surface area contributed by atoms with Crippen molar-refractivity contribution in [2.75, 3.05) is 49.9 Å². The van der Waals surface area contributed by atoms with Crippen LogP contribution < -0.4 is 10.6 Å². The van der Waals surface area contributed by atoms with Gasteiger partial charge in [-0.3, -0.25) is 14.7 Å². The number of carboxylic acid groups (broad SMARTS) is 1. The van der Waals surface area contributed by atoms with Gasteiger partial charge in [0.15, 0.2) is 5.96 Å². The van der Waals surface area contributed by atoms with Crippen LogP contribution in [-0.4, -0.2) is 72.0 Å². The number of carbonyl (C=O) groups is 2. The van der Waals surface area contributed by atoms with Crippen molar-refractivity contribution < 1.29 is 14.7 Å². The van der Waals surface area contributed by atoms with Gasteiger partial charge in [0.2, 0.25) is 5.91 Å². The summed E-state index contributed by atoms with van der Waals surface area (Å²) in [5.41, 5.74) is 4.21. The second kappa shape index (κ2) is 12.7. The highest BCUT2D eigenvalue weighted by molar-refractivity contribution is 5.95. The predicted molar refractivity (Wildman–Crippen MR) is 147 cm³/mol. The van der Waals surface area contributed by atoms with E-state index in [2.05, 4.69) is 32.6 Å². The number of aromatic carboxylic acids is 1. The Bertz CT molecular complexity index is 1200. The van der Waals surface area contributed by atoms with Gasteiger partial charge in [-0.2, -0.15) is 0 Å². The highest BCUT2D eigenvalue weighted by Crippen LogP contribution is 2.13. The summed E-state index contributed by atoms with van der Waals surface area (Å²) in [5, 5.41) is 15.5. The minimum atomic E-state index is -0.953. The number of aliphatic imine (C=N–C) groups is 1. The SMILES string of the molecule is Cc1ccc(NC(=O)CN2CCN(C(=NCCc3ccccc3)Nc3ccc(C(=O)O)cc3)CC2)cc1. The van der Waals surface area contributed by atoms with Crippen LogP contribution in [-0.2, 0) is 11.2 Å². The lowest BCUT2D eigenvalue weighted by Crippen LogP contribution is -2.52. The lowest BCUT2D eigenvalue weighted by atomic mass is 10.2. The van der Waals surface area contributed by atoms with Crippen molar-refractivity contribution >= 4 is 29.2 Å². The summed E-state index contributed by atoms with van der Waals surface area (Å²) < 4.78 is 0. The Kier molecular flexibility index (Phi) is 8.89. The van der Waals surface area contributed by atoms with Crippen molar-refractivity contribution in [3.05, 3.63) is 95.6 Å². The largest absolute Gasteiger partial charge is 0.478 e. The molecule has 0 spiro atoms. The Balaban J connectivity index is 1.36. The first-order valence-corrected chi connectivity index (χ1v) is 12.5. The number of hydrogen-bond acceptors (Lipinski definition) is 4. The molecule has 0 bridgehead atoms. The van der Waals surface area contributed by atoms with Gasteiger partial charge in [0.05, 0.1) is 12.1 Å². The third-order valence-corrected chi connectivity index (χ3v) is 6.27. The summed E-state index contributed by atoms with van der Waals surface area (Å²) in [7, 11) is 0. The lowest BCUT2D eigenvalue weighted by Gasteiger charge is -2.36. The molecule has 0 saturated carbocycles. The van der Waals surface area contributed by atoms with Crippen molar-refractivity contribution in [1.82, 2.24) is 9.80 Å². The van der Waals surface area contributed by atoms with E-state index in [0.717, 1.165) is 55.5 Å². The number of carboxylic acids is 1. The molecule has 0 atom stereocenters. The smallest absolute Gasteiger partial charge is 0.335 e. The van der Waals surface area contributed by atoms with E-state index in [9.17, 15) is 14.7 Å². The molecule has 37 heavy (non-hydrogen) atoms. The Morgan fingerprint density at radius 3 is 2.11 bits per heavy atom. The van der Waals surface area contributed by atoms with Gasteiger partial charge in [0, 0.05) is 44.1 Å². The first-order chi connectivity index (χ1) is 18.0. The third-order valence-electron chi connectivity index (χ3n) is 6.27. The van der Waals surface area contributed by atoms with E-state index in [0.29, 0.717) is 13.1 Å². The minimum Gasteiger partial charge on any atom is -0.478 e. The molecular formula is C29H33N5O3. The molecule has 8 heteroatoms. The van der Waals surface area contributed by atoms with E-state index in [1.807, 2.05) is 49.4 Å². The molecule has 8 nitrogen and oxygen atoms in total. The van der Waals surface area contributed by atoms with Crippen molar-refractivity contribution in [1.29, 1.82) is 0 Å². The number of piperazine rings is 1. The molecule has 1 heterocycles. The maximum absolute atomic E-state index is 12.5. The molecule has 0 unspecified atom stereocenters. The van der Waals surface area contributed by atoms with Crippen LogP contribution in [0.1, 0.15) is 21.5 Å². The molecule has 3 N–H and O–H groups in total. The molecule has 1 saturated heterocycles. The monoisotopic (exact) mass is 499 g/mol. The quantitative estimate of drug-likeness (QED) is 0.321. The fourth-order valence-corrected chi connectivity index (χ4v) is 4.14. The molecule has 3 aromatic rings. The van der Waals surface area contributed by atoms with Crippen LogP contribution in [0.4, 0.5) is 11.4 Å². The first kappa shape index (κ1) is 25.9. The van der Waals surface area contributed by atoms with Gasteiger partial charge in [-0.15, -0.1) is 0 Å². The van der Waals surface area contributed by atoms with E-state index >= 15 is 0 Å². The number of nitrogens with one attached hydrogen (secondary N) is 2. The highest BCUT2D eigenvalue weighted by Gasteiger charge is 2.22. The molecule has 1 aliphatic rings. The van der Waals surface area contributed by atoms with Gasteiger partial charge in [0.1, 0.15) is 0 Å². The number of anilines is 2. The minimum absolute atomic E-state index is 0.0225. The van der Waals surface area contributed by atoms with Crippen LogP contribution in [0.5, 0.6) is 0 Å². The molecule has 4 rings (SSSR count). The number of guanidine groups is 1. The highest BCUT2D eigenvalue weighted by atomic mass is 16.4. The predicted octanol–water partition coefficient (Wildman–Crippen LogP) is 3.96. The standard InChI is InChI=1S/C29H33N5O3/c1-22-7-11-25(12-8-22)31-27(35)21-33-17-19-34(20-18-33)29(30-16-15-23-5-3-2-4-6-23)32-26-13-9-24(10-14-26)28(36)37/h2-14H,15-21H2,1H3,(H,30,32)(H,31,35)(H,36,37). The second-order valence-electron chi connectivity index (χ2n) is 9.13. The Morgan fingerprint density at radius 2 is 1.46 bits per heavy atom.